The highest BCUT2D eigenvalue weighted by Gasteiger charge is 2.22. The summed E-state index contributed by atoms with van der Waals surface area (Å²) >= 11 is 0. The van der Waals surface area contributed by atoms with Gasteiger partial charge in [0.25, 0.3) is 5.82 Å². The average molecular weight is 262 g/mol. The lowest BCUT2D eigenvalue weighted by atomic mass is 10.1. The Hall–Kier alpha value is -2.43. The molecule has 8 heteroatoms. The Bertz CT molecular complexity index is 518. The van der Waals surface area contributed by atoms with Crippen LogP contribution in [0.4, 0.5) is 0 Å². The number of rotatable bonds is 3. The topological polar surface area (TPSA) is 113 Å². The molecule has 2 amide bonds. The molecule has 1 aromatic rings. The van der Waals surface area contributed by atoms with Crippen LogP contribution < -0.4 is 10.6 Å². The summed E-state index contributed by atoms with van der Waals surface area (Å²) in [5.41, 5.74) is 0. The van der Waals surface area contributed by atoms with E-state index in [1.165, 1.54) is 11.0 Å². The van der Waals surface area contributed by atoms with Gasteiger partial charge in [0.05, 0.1) is 0 Å². The Morgan fingerprint density at radius 2 is 2.47 bits per heavy atom. The van der Waals surface area contributed by atoms with E-state index >= 15 is 0 Å². The predicted octanol–water partition coefficient (Wildman–Crippen LogP) is -1.07. The SMILES string of the molecule is N#Cc1ncn(CC(=O)N[C@@H]2CCCCNC2=O)n1. The second-order valence-corrected chi connectivity index (χ2v) is 4.28. The summed E-state index contributed by atoms with van der Waals surface area (Å²) in [5.74, 6) is -0.460. The van der Waals surface area contributed by atoms with Crippen LogP contribution in [0, 0.1) is 11.3 Å². The fourth-order valence-electron chi connectivity index (χ4n) is 1.89. The van der Waals surface area contributed by atoms with Crippen LogP contribution in [0.1, 0.15) is 25.1 Å². The summed E-state index contributed by atoms with van der Waals surface area (Å²) in [6.45, 7) is 0.596. The smallest absolute Gasteiger partial charge is 0.252 e. The molecule has 0 unspecified atom stereocenters. The molecule has 2 N–H and O–H groups in total. The van der Waals surface area contributed by atoms with Crippen molar-refractivity contribution in [3.63, 3.8) is 0 Å². The second-order valence-electron chi connectivity index (χ2n) is 4.28. The van der Waals surface area contributed by atoms with Crippen molar-refractivity contribution in [1.29, 1.82) is 5.26 Å². The van der Waals surface area contributed by atoms with Crippen LogP contribution in [0.2, 0.25) is 0 Å². The van der Waals surface area contributed by atoms with Gasteiger partial charge in [-0.1, -0.05) is 0 Å². The Balaban J connectivity index is 1.89. The van der Waals surface area contributed by atoms with Gasteiger partial charge >= 0.3 is 0 Å². The van der Waals surface area contributed by atoms with Crippen LogP contribution in [0.3, 0.4) is 0 Å². The van der Waals surface area contributed by atoms with Crippen LogP contribution >= 0.6 is 0 Å². The summed E-state index contributed by atoms with van der Waals surface area (Å²) in [7, 11) is 0. The average Bonchev–Trinajstić information content (AvgIpc) is 2.74. The summed E-state index contributed by atoms with van der Waals surface area (Å²) in [6, 6.07) is 1.29. The van der Waals surface area contributed by atoms with Crippen LogP contribution in [0.25, 0.3) is 0 Å². The van der Waals surface area contributed by atoms with E-state index in [-0.39, 0.29) is 24.2 Å². The molecule has 2 rings (SSSR count). The van der Waals surface area contributed by atoms with Gasteiger partial charge in [0.15, 0.2) is 0 Å². The fourth-order valence-corrected chi connectivity index (χ4v) is 1.89. The summed E-state index contributed by atoms with van der Waals surface area (Å²) < 4.78 is 1.27. The molecule has 1 aliphatic rings. The molecule has 8 nitrogen and oxygen atoms in total. The minimum absolute atomic E-state index is 0.0139. The Morgan fingerprint density at radius 1 is 1.63 bits per heavy atom. The van der Waals surface area contributed by atoms with Crippen molar-refractivity contribution in [3.8, 4) is 6.07 Å². The number of nitriles is 1. The van der Waals surface area contributed by atoms with Gasteiger partial charge in [-0.05, 0) is 19.3 Å². The van der Waals surface area contributed by atoms with Crippen molar-refractivity contribution >= 4 is 11.8 Å². The van der Waals surface area contributed by atoms with Gasteiger partial charge in [0.2, 0.25) is 11.8 Å². The number of amides is 2. The third kappa shape index (κ3) is 3.51. The zero-order valence-corrected chi connectivity index (χ0v) is 10.3. The molecule has 0 aromatic carbocycles. The molecule has 1 aliphatic heterocycles. The maximum Gasteiger partial charge on any atom is 0.252 e. The second kappa shape index (κ2) is 5.95. The summed E-state index contributed by atoms with van der Waals surface area (Å²) in [6.07, 6.45) is 3.77. The molecule has 0 aliphatic carbocycles. The van der Waals surface area contributed by atoms with E-state index in [9.17, 15) is 9.59 Å². The number of hydrogen-bond donors (Lipinski definition) is 2. The largest absolute Gasteiger partial charge is 0.354 e. The van der Waals surface area contributed by atoms with Crippen LogP contribution in [-0.2, 0) is 16.1 Å². The van der Waals surface area contributed by atoms with E-state index in [1.807, 2.05) is 0 Å². The summed E-state index contributed by atoms with van der Waals surface area (Å²) in [5, 5.41) is 17.8. The Kier molecular flexibility index (Phi) is 4.07. The van der Waals surface area contributed by atoms with Gasteiger partial charge in [-0.15, -0.1) is 5.10 Å². The molecule has 19 heavy (non-hydrogen) atoms. The molecule has 1 aromatic heterocycles. The Labute approximate surface area is 109 Å². The molecule has 1 atom stereocenters. The third-order valence-corrected chi connectivity index (χ3v) is 2.81. The Morgan fingerprint density at radius 3 is 3.21 bits per heavy atom. The van der Waals surface area contributed by atoms with Gasteiger partial charge in [-0.3, -0.25) is 9.59 Å². The monoisotopic (exact) mass is 262 g/mol. The molecular formula is C11H14N6O2. The lowest BCUT2D eigenvalue weighted by Gasteiger charge is -2.14. The zero-order chi connectivity index (χ0) is 13.7. The number of nitrogens with one attached hydrogen (secondary N) is 2. The number of carbonyl (C=O) groups excluding carboxylic acids is 2. The van der Waals surface area contributed by atoms with E-state index in [2.05, 4.69) is 20.7 Å². The number of nitrogens with zero attached hydrogens (tertiary/aromatic N) is 4. The molecule has 0 radical (unpaired) electrons. The van der Waals surface area contributed by atoms with Crippen molar-refractivity contribution in [3.05, 3.63) is 12.2 Å². The van der Waals surface area contributed by atoms with E-state index < -0.39 is 6.04 Å². The highest BCUT2D eigenvalue weighted by atomic mass is 16.2. The first-order valence-corrected chi connectivity index (χ1v) is 6.05. The van der Waals surface area contributed by atoms with Crippen LogP contribution in [0.15, 0.2) is 6.33 Å². The van der Waals surface area contributed by atoms with Crippen molar-refractivity contribution in [2.45, 2.75) is 31.8 Å². The number of hydrogen-bond acceptors (Lipinski definition) is 5. The lowest BCUT2D eigenvalue weighted by Crippen LogP contribution is -2.46. The first-order chi connectivity index (χ1) is 9.19. The molecule has 100 valence electrons. The maximum atomic E-state index is 11.8. The van der Waals surface area contributed by atoms with E-state index in [0.717, 1.165) is 12.8 Å². The van der Waals surface area contributed by atoms with Gasteiger partial charge in [-0.25, -0.2) is 9.67 Å². The predicted molar refractivity (Wildman–Crippen MR) is 63.5 cm³/mol. The van der Waals surface area contributed by atoms with Gasteiger partial charge in [0.1, 0.15) is 25.0 Å². The fraction of sp³-hybridized carbons (Fsp3) is 0.545. The van der Waals surface area contributed by atoms with Crippen molar-refractivity contribution < 1.29 is 9.59 Å². The first kappa shape index (κ1) is 13.0. The third-order valence-electron chi connectivity index (χ3n) is 2.81. The van der Waals surface area contributed by atoms with Gasteiger partial charge in [0, 0.05) is 6.54 Å². The molecule has 1 fully saturated rings. The number of aromatic nitrogens is 3. The lowest BCUT2D eigenvalue weighted by molar-refractivity contribution is -0.129. The minimum Gasteiger partial charge on any atom is -0.354 e. The molecule has 1 saturated heterocycles. The van der Waals surface area contributed by atoms with Crippen LogP contribution in [0.5, 0.6) is 0 Å². The van der Waals surface area contributed by atoms with Crippen LogP contribution in [-0.4, -0.2) is 39.2 Å². The van der Waals surface area contributed by atoms with Crippen molar-refractivity contribution in [2.75, 3.05) is 6.54 Å². The standard InChI is InChI=1S/C11H14N6O2/c12-5-9-14-7-17(16-9)6-10(18)15-8-3-1-2-4-13-11(8)19/h7-8H,1-4,6H2,(H,13,19)(H,15,18)/t8-/m1/s1. The normalized spacial score (nSPS) is 19.1. The molecular weight excluding hydrogens is 248 g/mol. The van der Waals surface area contributed by atoms with E-state index in [1.54, 1.807) is 6.07 Å². The van der Waals surface area contributed by atoms with Gasteiger partial charge < -0.3 is 10.6 Å². The first-order valence-electron chi connectivity index (χ1n) is 6.05. The molecule has 0 bridgehead atoms. The van der Waals surface area contributed by atoms with Crippen molar-refractivity contribution in [1.82, 2.24) is 25.4 Å². The highest BCUT2D eigenvalue weighted by molar-refractivity contribution is 5.87. The number of carbonyl (C=O) groups is 2. The highest BCUT2D eigenvalue weighted by Crippen LogP contribution is 2.05. The molecule has 2 heterocycles. The molecule has 0 saturated carbocycles. The van der Waals surface area contributed by atoms with E-state index in [4.69, 9.17) is 5.26 Å². The minimum atomic E-state index is -0.492. The summed E-state index contributed by atoms with van der Waals surface area (Å²) in [4.78, 5) is 27.1. The van der Waals surface area contributed by atoms with E-state index in [0.29, 0.717) is 13.0 Å². The zero-order valence-electron chi connectivity index (χ0n) is 10.3. The maximum absolute atomic E-state index is 11.8. The quantitative estimate of drug-likeness (QED) is 0.720. The molecule has 0 spiro atoms. The van der Waals surface area contributed by atoms with Crippen molar-refractivity contribution in [2.24, 2.45) is 0 Å². The van der Waals surface area contributed by atoms with Gasteiger partial charge in [-0.2, -0.15) is 5.26 Å².